The molecule has 0 aromatic carbocycles. The van der Waals surface area contributed by atoms with Gasteiger partial charge in [-0.2, -0.15) is 9.36 Å². The van der Waals surface area contributed by atoms with Gasteiger partial charge in [0, 0.05) is 11.5 Å². The van der Waals surface area contributed by atoms with Crippen LogP contribution in [0.1, 0.15) is 17.5 Å². The normalized spacial score (nSPS) is 9.47. The summed E-state index contributed by atoms with van der Waals surface area (Å²) >= 11 is 0.874. The Labute approximate surface area is 89.6 Å². The molecule has 0 atom stereocenters. The molecule has 0 saturated carbocycles. The van der Waals surface area contributed by atoms with E-state index in [0.29, 0.717) is 0 Å². The van der Waals surface area contributed by atoms with Crippen molar-refractivity contribution in [3.63, 3.8) is 0 Å². The van der Waals surface area contributed by atoms with Gasteiger partial charge in [0.15, 0.2) is 0 Å². The van der Waals surface area contributed by atoms with Gasteiger partial charge in [-0.25, -0.2) is 9.59 Å². The molecular weight excluding hydrogens is 222 g/mol. The highest BCUT2D eigenvalue weighted by molar-refractivity contribution is 7.10. The van der Waals surface area contributed by atoms with E-state index < -0.39 is 12.1 Å². The molecule has 0 unspecified atom stereocenters. The lowest BCUT2D eigenvalue weighted by Gasteiger charge is -1.99. The first kappa shape index (κ1) is 11.4. The molecule has 0 saturated heterocycles. The zero-order valence-corrected chi connectivity index (χ0v) is 8.96. The molecule has 82 valence electrons. The maximum atomic E-state index is 11.0. The zero-order chi connectivity index (χ0) is 11.3. The Morgan fingerprint density at radius 3 is 2.87 bits per heavy atom. The summed E-state index contributed by atoms with van der Waals surface area (Å²) in [7, 11) is 1.22. The third-order valence-corrected chi connectivity index (χ3v) is 1.91. The maximum Gasteiger partial charge on any atom is 0.413 e. The Morgan fingerprint density at radius 2 is 2.27 bits per heavy atom. The van der Waals surface area contributed by atoms with Crippen LogP contribution in [0.15, 0.2) is 0 Å². The number of ether oxygens (including phenoxy) is 2. The second-order valence-electron chi connectivity index (χ2n) is 2.26. The predicted molar refractivity (Wildman–Crippen MR) is 51.9 cm³/mol. The van der Waals surface area contributed by atoms with Crippen molar-refractivity contribution in [2.75, 3.05) is 19.0 Å². The lowest BCUT2D eigenvalue weighted by molar-refractivity contribution is 0.0588. The van der Waals surface area contributed by atoms with E-state index in [1.54, 1.807) is 6.92 Å². The molecule has 1 amide bonds. The first-order valence-corrected chi connectivity index (χ1v) is 4.80. The van der Waals surface area contributed by atoms with Crippen molar-refractivity contribution >= 4 is 28.7 Å². The molecule has 0 aliphatic rings. The fourth-order valence-electron chi connectivity index (χ4n) is 0.703. The second-order valence-corrected chi connectivity index (χ2v) is 3.01. The topological polar surface area (TPSA) is 90.4 Å². The number of aromatic nitrogens is 2. The summed E-state index contributed by atoms with van der Waals surface area (Å²) in [4.78, 5) is 25.6. The van der Waals surface area contributed by atoms with E-state index in [-0.39, 0.29) is 17.6 Å². The zero-order valence-electron chi connectivity index (χ0n) is 8.14. The van der Waals surface area contributed by atoms with Crippen LogP contribution in [0, 0.1) is 0 Å². The number of anilines is 1. The molecule has 0 aliphatic carbocycles. The summed E-state index contributed by atoms with van der Waals surface area (Å²) < 4.78 is 12.7. The molecule has 1 rings (SSSR count). The summed E-state index contributed by atoms with van der Waals surface area (Å²) in [5.74, 6) is -0.738. The summed E-state index contributed by atoms with van der Waals surface area (Å²) in [6.07, 6.45) is -0.634. The van der Waals surface area contributed by atoms with Gasteiger partial charge in [0.2, 0.25) is 5.13 Å². The van der Waals surface area contributed by atoms with Crippen molar-refractivity contribution in [1.29, 1.82) is 0 Å². The number of hydrogen-bond donors (Lipinski definition) is 1. The first-order chi connectivity index (χ1) is 7.17. The van der Waals surface area contributed by atoms with Crippen LogP contribution in [0.3, 0.4) is 0 Å². The number of amides is 1. The Bertz CT molecular complexity index is 365. The molecule has 1 heterocycles. The Kier molecular flexibility index (Phi) is 3.98. The number of carbonyl (C=O) groups is 2. The molecular formula is C7H9N3O4S. The largest absolute Gasteiger partial charge is 0.463 e. The number of esters is 1. The Balaban J connectivity index is 2.60. The molecule has 0 bridgehead atoms. The van der Waals surface area contributed by atoms with Gasteiger partial charge in [-0.05, 0) is 6.92 Å². The Morgan fingerprint density at radius 1 is 1.53 bits per heavy atom. The van der Waals surface area contributed by atoms with E-state index in [2.05, 4.69) is 24.1 Å². The number of rotatable bonds is 3. The van der Waals surface area contributed by atoms with Gasteiger partial charge in [-0.15, -0.1) is 0 Å². The average Bonchev–Trinajstić information content (AvgIpc) is 2.65. The van der Waals surface area contributed by atoms with Gasteiger partial charge in [0.05, 0.1) is 13.7 Å². The molecule has 8 heteroatoms. The predicted octanol–water partition coefficient (Wildman–Crippen LogP) is 0.893. The second kappa shape index (κ2) is 5.25. The minimum Gasteiger partial charge on any atom is -0.463 e. The van der Waals surface area contributed by atoms with E-state index in [0.717, 1.165) is 11.5 Å². The quantitative estimate of drug-likeness (QED) is 0.777. The van der Waals surface area contributed by atoms with Gasteiger partial charge in [-0.3, -0.25) is 5.32 Å². The average molecular weight is 231 g/mol. The molecule has 1 aromatic rings. The third kappa shape index (κ3) is 3.17. The van der Waals surface area contributed by atoms with Crippen molar-refractivity contribution in [3.8, 4) is 0 Å². The van der Waals surface area contributed by atoms with E-state index in [1.807, 2.05) is 0 Å². The highest BCUT2D eigenvalue weighted by atomic mass is 32.1. The fourth-order valence-corrected chi connectivity index (χ4v) is 1.25. The van der Waals surface area contributed by atoms with Crippen molar-refractivity contribution in [1.82, 2.24) is 9.36 Å². The van der Waals surface area contributed by atoms with Gasteiger partial charge >= 0.3 is 12.1 Å². The third-order valence-electron chi connectivity index (χ3n) is 1.28. The lowest BCUT2D eigenvalue weighted by Crippen LogP contribution is -2.13. The summed E-state index contributed by atoms with van der Waals surface area (Å²) in [5.41, 5.74) is 0. The van der Waals surface area contributed by atoms with Gasteiger partial charge < -0.3 is 9.47 Å². The smallest absolute Gasteiger partial charge is 0.413 e. The number of methoxy groups -OCH3 is 1. The van der Waals surface area contributed by atoms with E-state index in [4.69, 9.17) is 0 Å². The van der Waals surface area contributed by atoms with Crippen LogP contribution in [0.4, 0.5) is 9.93 Å². The SMILES string of the molecule is CCOC(=O)Nc1nc(C(=O)OC)ns1. The summed E-state index contributed by atoms with van der Waals surface area (Å²) in [6.45, 7) is 1.94. The first-order valence-electron chi connectivity index (χ1n) is 4.03. The molecule has 0 fully saturated rings. The molecule has 7 nitrogen and oxygen atoms in total. The molecule has 1 N–H and O–H groups in total. The van der Waals surface area contributed by atoms with Crippen LogP contribution < -0.4 is 5.32 Å². The molecule has 1 aromatic heterocycles. The minimum absolute atomic E-state index is 0.0886. The summed E-state index contributed by atoms with van der Waals surface area (Å²) in [6, 6.07) is 0. The van der Waals surface area contributed by atoms with Crippen LogP contribution in [-0.4, -0.2) is 35.1 Å². The molecule has 0 radical (unpaired) electrons. The van der Waals surface area contributed by atoms with Crippen molar-refractivity contribution in [2.45, 2.75) is 6.92 Å². The van der Waals surface area contributed by atoms with Gasteiger partial charge in [0.1, 0.15) is 0 Å². The van der Waals surface area contributed by atoms with E-state index >= 15 is 0 Å². The van der Waals surface area contributed by atoms with Crippen LogP contribution in [0.25, 0.3) is 0 Å². The molecule has 0 spiro atoms. The number of nitrogens with one attached hydrogen (secondary N) is 1. The summed E-state index contributed by atoms with van der Waals surface area (Å²) in [5, 5.41) is 2.51. The van der Waals surface area contributed by atoms with E-state index in [1.165, 1.54) is 7.11 Å². The number of nitrogens with zero attached hydrogens (tertiary/aromatic N) is 2. The van der Waals surface area contributed by atoms with Crippen molar-refractivity contribution < 1.29 is 19.1 Å². The highest BCUT2D eigenvalue weighted by Gasteiger charge is 2.14. The minimum atomic E-state index is -0.650. The maximum absolute atomic E-state index is 11.0. The molecule has 0 aliphatic heterocycles. The molecule has 15 heavy (non-hydrogen) atoms. The number of hydrogen-bond acceptors (Lipinski definition) is 7. The van der Waals surface area contributed by atoms with Crippen LogP contribution in [0.5, 0.6) is 0 Å². The standard InChI is InChI=1S/C7H9N3O4S/c1-3-14-7(12)9-6-8-4(10-15-6)5(11)13-2/h3H2,1-2H3,(H,8,9,10,12). The van der Waals surface area contributed by atoms with E-state index in [9.17, 15) is 9.59 Å². The van der Waals surface area contributed by atoms with Crippen LogP contribution in [0.2, 0.25) is 0 Å². The van der Waals surface area contributed by atoms with Crippen molar-refractivity contribution in [3.05, 3.63) is 5.82 Å². The van der Waals surface area contributed by atoms with Crippen molar-refractivity contribution in [2.24, 2.45) is 0 Å². The van der Waals surface area contributed by atoms with Gasteiger partial charge in [0.25, 0.3) is 5.82 Å². The van der Waals surface area contributed by atoms with Crippen LogP contribution >= 0.6 is 11.5 Å². The lowest BCUT2D eigenvalue weighted by atomic mass is 10.6. The fraction of sp³-hybridized carbons (Fsp3) is 0.429. The monoisotopic (exact) mass is 231 g/mol. The van der Waals surface area contributed by atoms with Crippen LogP contribution in [-0.2, 0) is 9.47 Å². The number of carbonyl (C=O) groups excluding carboxylic acids is 2. The highest BCUT2D eigenvalue weighted by Crippen LogP contribution is 2.11. The Hall–Kier alpha value is -1.70. The van der Waals surface area contributed by atoms with Gasteiger partial charge in [-0.1, -0.05) is 0 Å².